The minimum absolute atomic E-state index is 0.0756. The Kier molecular flexibility index (Phi) is 23.9. The molecule has 12 rings (SSSR count). The Morgan fingerprint density at radius 3 is 1.10 bits per heavy atom. The fourth-order valence-electron chi connectivity index (χ4n) is 12.6. The third kappa shape index (κ3) is 18.2. The van der Waals surface area contributed by atoms with Gasteiger partial charge in [-0.05, 0) is 90.5 Å². The lowest BCUT2D eigenvalue weighted by Gasteiger charge is -2.53. The van der Waals surface area contributed by atoms with Crippen LogP contribution in [0, 0.1) is 11.6 Å². The summed E-state index contributed by atoms with van der Waals surface area (Å²) in [5.41, 5.74) is 1.86. The number of fused-ring (bicyclic) bond motifs is 6. The molecule has 4 atom stereocenters. The Bertz CT molecular complexity index is 5000. The molecule has 26 nitrogen and oxygen atoms in total. The van der Waals surface area contributed by atoms with Crippen LogP contribution in [0.3, 0.4) is 0 Å². The zero-order chi connectivity index (χ0) is 80.4. The van der Waals surface area contributed by atoms with E-state index in [-0.39, 0.29) is 65.3 Å². The summed E-state index contributed by atoms with van der Waals surface area (Å²) in [6.07, 6.45) is -0.372. The lowest BCUT2D eigenvalue weighted by atomic mass is 9.65. The van der Waals surface area contributed by atoms with Crippen LogP contribution in [0.2, 0.25) is 0 Å². The molecule has 0 saturated carbocycles. The largest absolute Gasteiger partial charge is 0.516 e. The molecule has 0 fully saturated rings. The van der Waals surface area contributed by atoms with Crippen LogP contribution in [-0.4, -0.2) is 86.1 Å². The van der Waals surface area contributed by atoms with E-state index in [1.807, 2.05) is 52.0 Å². The first-order chi connectivity index (χ1) is 53.4. The number of carbonyl (C=O) groups is 8. The topological polar surface area (TPSA) is 303 Å². The van der Waals surface area contributed by atoms with E-state index in [9.17, 15) is 47.1 Å². The van der Waals surface area contributed by atoms with Crippen LogP contribution in [0.5, 0.6) is 69.0 Å². The predicted molar refractivity (Wildman–Crippen MR) is 390 cm³/mol. The molecule has 4 unspecified atom stereocenters. The van der Waals surface area contributed by atoms with Gasteiger partial charge >= 0.3 is 48.1 Å². The Morgan fingerprint density at radius 2 is 0.696 bits per heavy atom. The van der Waals surface area contributed by atoms with Crippen molar-refractivity contribution < 1.29 is 133 Å². The SMILES string of the molecule is C=CC(=O)OCOC(=O)Oc1ccc(COOc2ccc3c(c2)OC2C(Oc4cc(OC(=O)c5ccc(OC(=O)OCOC(=O)C=C)cc5F)ccc4C2(C)C)C3(C)C)c(F)c1.C=CC(=O)Oc1ccc(COOc2ccc3c(c2)OC2C(Oc4cc(OC(=O)c5ccc(OC(=O)C=C)cc5)ccc4C2(C)C)C3(C)C)cc1. The van der Waals surface area contributed by atoms with Crippen LogP contribution in [0.15, 0.2) is 208 Å². The van der Waals surface area contributed by atoms with E-state index in [1.54, 1.807) is 72.8 Å². The minimum atomic E-state index is -1.28. The quantitative estimate of drug-likeness (QED) is 0.0103. The van der Waals surface area contributed by atoms with Crippen LogP contribution in [0.25, 0.3) is 0 Å². The summed E-state index contributed by atoms with van der Waals surface area (Å²) >= 11 is 0. The first-order valence-corrected chi connectivity index (χ1v) is 34.4. The van der Waals surface area contributed by atoms with Gasteiger partial charge in [-0.25, -0.2) is 47.1 Å². The first kappa shape index (κ1) is 79.7. The molecular formula is C84H74F2O26. The summed E-state index contributed by atoms with van der Waals surface area (Å²) < 4.78 is 106. The molecule has 0 saturated heterocycles. The van der Waals surface area contributed by atoms with E-state index in [0.717, 1.165) is 76.4 Å². The van der Waals surface area contributed by atoms with Crippen molar-refractivity contribution in [1.29, 1.82) is 0 Å². The second-order valence-electron chi connectivity index (χ2n) is 27.5. The smallest absolute Gasteiger partial charge is 0.485 e. The first-order valence-electron chi connectivity index (χ1n) is 34.4. The molecule has 0 amide bonds. The van der Waals surface area contributed by atoms with E-state index < -0.39 is 113 Å². The predicted octanol–water partition coefficient (Wildman–Crippen LogP) is 15.3. The molecule has 112 heavy (non-hydrogen) atoms. The maximum atomic E-state index is 15.0. The number of carbonyl (C=O) groups excluding carboxylic acids is 8. The maximum absolute atomic E-state index is 15.0. The summed E-state index contributed by atoms with van der Waals surface area (Å²) in [4.78, 5) is 117. The van der Waals surface area contributed by atoms with Crippen molar-refractivity contribution in [1.82, 2.24) is 0 Å². The summed E-state index contributed by atoms with van der Waals surface area (Å²) in [6, 6.07) is 40.4. The minimum Gasteiger partial charge on any atom is -0.485 e. The number of halogens is 2. The van der Waals surface area contributed by atoms with Gasteiger partial charge in [0.05, 0.1) is 11.1 Å². The molecule has 0 N–H and O–H groups in total. The van der Waals surface area contributed by atoms with Gasteiger partial charge in [0.15, 0.2) is 11.5 Å². The maximum Gasteiger partial charge on any atom is 0.516 e. The third-order valence-electron chi connectivity index (χ3n) is 18.6. The summed E-state index contributed by atoms with van der Waals surface area (Å²) in [6.45, 7) is 28.0. The normalized spacial score (nSPS) is 16.8. The molecule has 28 heteroatoms. The molecule has 8 aromatic carbocycles. The average molecular weight is 1540 g/mol. The standard InChI is InChI=1S/C44H38F2O16.C40H36O10/c1-7-36(47)52-22-54-41(50)58-25-10-9-24(32(45)17-25)21-56-62-28-13-16-31-35(20-28)61-39-38(44(31,5)6)60-34-19-27(12-15-30(34)43(39,3)4)57-40(49)29-14-11-26(18-33(29)46)59-42(51)55-23-53-37(48)8-2;1-7-34(41)45-26-13-9-24(10-14-26)23-44-50-29-18-20-31-33(22-29)49-37-36(40(31,5)6)48-32-21-28(17-19-30(32)39(37,3)4)47-38(43)25-11-15-27(16-12-25)46-35(42)8-2/h7-20,38-39H,1-2,21-23H2,3-6H3;7-22,36-37H,1-2,23H2,3-6H3. The molecule has 0 aromatic heterocycles. The molecule has 8 aromatic rings. The summed E-state index contributed by atoms with van der Waals surface area (Å²) in [5.74, 6) is -2.56. The zero-order valence-electron chi connectivity index (χ0n) is 61.7. The van der Waals surface area contributed by atoms with Gasteiger partial charge in [-0.2, -0.15) is 9.78 Å². The van der Waals surface area contributed by atoms with Crippen molar-refractivity contribution in [3.8, 4) is 69.0 Å². The van der Waals surface area contributed by atoms with Gasteiger partial charge in [0.1, 0.15) is 107 Å². The van der Waals surface area contributed by atoms with E-state index in [4.69, 9.17) is 66.9 Å². The molecule has 0 aliphatic carbocycles. The average Bonchev–Trinajstić information content (AvgIpc) is 0.719. The molecule has 0 radical (unpaired) electrons. The van der Waals surface area contributed by atoms with Crippen molar-refractivity contribution in [2.45, 2.75) is 115 Å². The highest BCUT2D eigenvalue weighted by atomic mass is 19.1. The number of benzene rings is 8. The van der Waals surface area contributed by atoms with Crippen molar-refractivity contribution in [2.24, 2.45) is 0 Å². The Balaban J connectivity index is 0.000000226. The highest BCUT2D eigenvalue weighted by Gasteiger charge is 2.57. The number of ether oxygens (including phenoxy) is 14. The van der Waals surface area contributed by atoms with E-state index in [1.165, 1.54) is 36.4 Å². The van der Waals surface area contributed by atoms with Crippen LogP contribution < -0.4 is 57.1 Å². The second-order valence-corrected chi connectivity index (χ2v) is 27.5. The van der Waals surface area contributed by atoms with Gasteiger partial charge in [0.25, 0.3) is 0 Å². The van der Waals surface area contributed by atoms with E-state index in [2.05, 4.69) is 73.0 Å². The Morgan fingerprint density at radius 1 is 0.357 bits per heavy atom. The monoisotopic (exact) mass is 1540 g/mol. The lowest BCUT2D eigenvalue weighted by molar-refractivity contribution is -0.218. The van der Waals surface area contributed by atoms with Crippen molar-refractivity contribution in [3.05, 3.63) is 264 Å². The number of hydrogen-bond acceptors (Lipinski definition) is 26. The van der Waals surface area contributed by atoms with Crippen molar-refractivity contribution in [3.63, 3.8) is 0 Å². The fourth-order valence-corrected chi connectivity index (χ4v) is 12.6. The summed E-state index contributed by atoms with van der Waals surface area (Å²) in [5, 5.41) is 0. The van der Waals surface area contributed by atoms with Gasteiger partial charge in [-0.3, -0.25) is 0 Å². The molecule has 0 bridgehead atoms. The van der Waals surface area contributed by atoms with Crippen LogP contribution >= 0.6 is 0 Å². The highest BCUT2D eigenvalue weighted by molar-refractivity contribution is 5.92. The molecular weight excluding hydrogens is 1460 g/mol. The molecule has 4 aliphatic heterocycles. The molecule has 4 heterocycles. The molecule has 0 spiro atoms. The van der Waals surface area contributed by atoms with Gasteiger partial charge in [0, 0.05) is 110 Å². The van der Waals surface area contributed by atoms with Crippen molar-refractivity contribution in [2.75, 3.05) is 13.6 Å². The van der Waals surface area contributed by atoms with Crippen LogP contribution in [0.1, 0.15) is 109 Å². The van der Waals surface area contributed by atoms with Crippen molar-refractivity contribution >= 4 is 48.1 Å². The van der Waals surface area contributed by atoms with E-state index >= 15 is 0 Å². The molecule has 580 valence electrons. The Hall–Kier alpha value is -13.3. The van der Waals surface area contributed by atoms with Gasteiger partial charge < -0.3 is 76.1 Å². The van der Waals surface area contributed by atoms with Crippen LogP contribution in [0.4, 0.5) is 18.4 Å². The number of hydrogen-bond donors (Lipinski definition) is 0. The van der Waals surface area contributed by atoms with Gasteiger partial charge in [-0.15, -0.1) is 0 Å². The lowest BCUT2D eigenvalue weighted by Crippen LogP contribution is -2.61. The zero-order valence-corrected chi connectivity index (χ0v) is 61.7. The third-order valence-corrected chi connectivity index (χ3v) is 18.6. The Labute approximate surface area is 640 Å². The highest BCUT2D eigenvalue weighted by Crippen LogP contribution is 2.55. The van der Waals surface area contributed by atoms with Gasteiger partial charge in [0.2, 0.25) is 13.6 Å². The van der Waals surface area contributed by atoms with Crippen LogP contribution in [-0.2, 0) is 82.8 Å². The number of rotatable bonds is 24. The molecule has 4 aliphatic rings. The number of esters is 6. The second kappa shape index (κ2) is 33.7. The van der Waals surface area contributed by atoms with E-state index in [0.29, 0.717) is 40.2 Å². The van der Waals surface area contributed by atoms with Gasteiger partial charge in [-0.1, -0.05) is 118 Å². The summed E-state index contributed by atoms with van der Waals surface area (Å²) in [7, 11) is 0. The fraction of sp³-hybridized carbons (Fsp3) is 0.238.